The van der Waals surface area contributed by atoms with Gasteiger partial charge in [0.05, 0.1) is 5.69 Å². The summed E-state index contributed by atoms with van der Waals surface area (Å²) in [5.74, 6) is -12.6. The van der Waals surface area contributed by atoms with E-state index in [2.05, 4.69) is 5.10 Å². The standard InChI is InChI=1S/C13H6F10N2/c14-10(15,12(19,20)13(21,22)23)9-6-8(11(16,17)18)24-25(9)7-4-2-1-3-5-7/h1-6H. The smallest absolute Gasteiger partial charge is 0.231 e. The van der Waals surface area contributed by atoms with Gasteiger partial charge in [-0.3, -0.25) is 0 Å². The highest BCUT2D eigenvalue weighted by Crippen LogP contribution is 2.52. The summed E-state index contributed by atoms with van der Waals surface area (Å²) < 4.78 is 129. The fraction of sp³-hybridized carbons (Fsp3) is 0.308. The molecule has 1 heterocycles. The first kappa shape index (κ1) is 19.1. The van der Waals surface area contributed by atoms with Gasteiger partial charge in [0.15, 0.2) is 5.69 Å². The Morgan fingerprint density at radius 2 is 1.28 bits per heavy atom. The Bertz CT molecular complexity index is 742. The van der Waals surface area contributed by atoms with Crippen LogP contribution in [0, 0.1) is 0 Å². The Labute approximate surface area is 132 Å². The van der Waals surface area contributed by atoms with Crippen molar-refractivity contribution in [1.82, 2.24) is 9.78 Å². The third-order valence-corrected chi connectivity index (χ3v) is 3.07. The van der Waals surface area contributed by atoms with Gasteiger partial charge >= 0.3 is 24.2 Å². The van der Waals surface area contributed by atoms with Crippen LogP contribution in [0.15, 0.2) is 36.4 Å². The normalized spacial score (nSPS) is 14.0. The number of hydrogen-bond donors (Lipinski definition) is 0. The largest absolute Gasteiger partial charge is 0.460 e. The molecule has 2 aromatic rings. The van der Waals surface area contributed by atoms with Crippen LogP contribution >= 0.6 is 0 Å². The zero-order chi connectivity index (χ0) is 19.3. The highest BCUT2D eigenvalue weighted by Gasteiger charge is 2.74. The van der Waals surface area contributed by atoms with Crippen molar-refractivity contribution < 1.29 is 43.9 Å². The minimum Gasteiger partial charge on any atom is -0.231 e. The molecule has 0 saturated carbocycles. The van der Waals surface area contributed by atoms with Crippen LogP contribution in [-0.4, -0.2) is 21.9 Å². The number of alkyl halides is 10. The van der Waals surface area contributed by atoms with Gasteiger partial charge in [0.2, 0.25) is 0 Å². The molecule has 0 aliphatic rings. The summed E-state index contributed by atoms with van der Waals surface area (Å²) in [6.45, 7) is 0. The second-order valence-corrected chi connectivity index (χ2v) is 4.81. The number of halogens is 10. The SMILES string of the molecule is FC(F)(F)c1cc(C(F)(F)C(F)(F)C(F)(F)F)n(-c2ccccc2)n1. The number of para-hydroxylation sites is 1. The summed E-state index contributed by atoms with van der Waals surface area (Å²) in [7, 11) is 0. The quantitative estimate of drug-likeness (QED) is 0.671. The lowest BCUT2D eigenvalue weighted by Crippen LogP contribution is -2.50. The number of hydrogen-bond acceptors (Lipinski definition) is 1. The summed E-state index contributed by atoms with van der Waals surface area (Å²) in [5.41, 5.74) is -4.83. The maximum Gasteiger partial charge on any atom is 0.460 e. The predicted octanol–water partition coefficient (Wildman–Crippen LogP) is 5.18. The Hall–Kier alpha value is -2.27. The molecule has 1 aromatic heterocycles. The van der Waals surface area contributed by atoms with E-state index in [1.165, 1.54) is 6.07 Å². The van der Waals surface area contributed by atoms with Crippen LogP contribution in [0.5, 0.6) is 0 Å². The van der Waals surface area contributed by atoms with Gasteiger partial charge in [-0.05, 0) is 18.2 Å². The van der Waals surface area contributed by atoms with Gasteiger partial charge in [-0.15, -0.1) is 0 Å². The van der Waals surface area contributed by atoms with Crippen molar-refractivity contribution in [3.8, 4) is 5.69 Å². The minimum atomic E-state index is -6.69. The summed E-state index contributed by atoms with van der Waals surface area (Å²) in [6.07, 6.45) is -12.0. The van der Waals surface area contributed by atoms with E-state index in [9.17, 15) is 43.9 Å². The first-order valence-electron chi connectivity index (χ1n) is 6.25. The summed E-state index contributed by atoms with van der Waals surface area (Å²) >= 11 is 0. The van der Waals surface area contributed by atoms with Gasteiger partial charge in [0.25, 0.3) is 0 Å². The molecule has 0 spiro atoms. The molecule has 0 aliphatic heterocycles. The van der Waals surface area contributed by atoms with Crippen LogP contribution < -0.4 is 0 Å². The number of rotatable bonds is 3. The summed E-state index contributed by atoms with van der Waals surface area (Å²) in [4.78, 5) is 0. The molecule has 0 atom stereocenters. The lowest BCUT2D eigenvalue weighted by atomic mass is 10.1. The molecule has 0 radical (unpaired) electrons. The van der Waals surface area contributed by atoms with Crippen LogP contribution in [0.4, 0.5) is 43.9 Å². The molecule has 0 aliphatic carbocycles. The molecule has 0 fully saturated rings. The molecule has 0 N–H and O–H groups in total. The Morgan fingerprint density at radius 1 is 0.760 bits per heavy atom. The predicted molar refractivity (Wildman–Crippen MR) is 63.5 cm³/mol. The van der Waals surface area contributed by atoms with Gasteiger partial charge in [0.1, 0.15) is 5.69 Å². The van der Waals surface area contributed by atoms with E-state index in [1.807, 2.05) is 0 Å². The van der Waals surface area contributed by atoms with Crippen LogP contribution in [0.1, 0.15) is 11.4 Å². The van der Waals surface area contributed by atoms with Gasteiger partial charge in [-0.1, -0.05) is 18.2 Å². The molecule has 2 rings (SSSR count). The molecule has 25 heavy (non-hydrogen) atoms. The summed E-state index contributed by atoms with van der Waals surface area (Å²) in [5, 5.41) is 2.72. The van der Waals surface area contributed by atoms with Crippen molar-refractivity contribution in [3.05, 3.63) is 47.8 Å². The van der Waals surface area contributed by atoms with Gasteiger partial charge in [0, 0.05) is 0 Å². The highest BCUT2D eigenvalue weighted by molar-refractivity contribution is 5.36. The van der Waals surface area contributed by atoms with E-state index in [0.717, 1.165) is 24.3 Å². The third kappa shape index (κ3) is 3.16. The average molecular weight is 380 g/mol. The van der Waals surface area contributed by atoms with Gasteiger partial charge < -0.3 is 0 Å². The van der Waals surface area contributed by atoms with E-state index in [1.54, 1.807) is 0 Å². The van der Waals surface area contributed by atoms with E-state index in [0.29, 0.717) is 0 Å². The molecular weight excluding hydrogens is 374 g/mol. The average Bonchev–Trinajstić information content (AvgIpc) is 2.92. The molecular formula is C13H6F10N2. The molecule has 2 nitrogen and oxygen atoms in total. The lowest BCUT2D eigenvalue weighted by molar-refractivity contribution is -0.360. The zero-order valence-corrected chi connectivity index (χ0v) is 11.6. The topological polar surface area (TPSA) is 17.8 Å². The van der Waals surface area contributed by atoms with E-state index in [-0.39, 0.29) is 4.68 Å². The van der Waals surface area contributed by atoms with E-state index < -0.39 is 47.3 Å². The van der Waals surface area contributed by atoms with Crippen molar-refractivity contribution in [2.75, 3.05) is 0 Å². The van der Waals surface area contributed by atoms with Crippen LogP contribution in [0.2, 0.25) is 0 Å². The maximum absolute atomic E-state index is 13.9. The van der Waals surface area contributed by atoms with Crippen LogP contribution in [0.3, 0.4) is 0 Å². The Morgan fingerprint density at radius 3 is 1.72 bits per heavy atom. The minimum absolute atomic E-state index is 0.289. The highest BCUT2D eigenvalue weighted by atomic mass is 19.4. The molecule has 12 heteroatoms. The summed E-state index contributed by atoms with van der Waals surface area (Å²) in [6, 6.07) is 4.91. The molecule has 1 aromatic carbocycles. The van der Waals surface area contributed by atoms with E-state index >= 15 is 0 Å². The maximum atomic E-state index is 13.9. The van der Waals surface area contributed by atoms with Crippen molar-refractivity contribution in [2.45, 2.75) is 24.2 Å². The third-order valence-electron chi connectivity index (χ3n) is 3.07. The first-order chi connectivity index (χ1) is 11.2. The molecule has 138 valence electrons. The van der Waals surface area contributed by atoms with Crippen LogP contribution in [0.25, 0.3) is 5.69 Å². The number of aromatic nitrogens is 2. The van der Waals surface area contributed by atoms with Gasteiger partial charge in [-0.2, -0.15) is 49.0 Å². The molecule has 0 saturated heterocycles. The first-order valence-corrected chi connectivity index (χ1v) is 6.25. The monoisotopic (exact) mass is 380 g/mol. The fourth-order valence-electron chi connectivity index (χ4n) is 1.85. The fourth-order valence-corrected chi connectivity index (χ4v) is 1.85. The second-order valence-electron chi connectivity index (χ2n) is 4.81. The van der Waals surface area contributed by atoms with Crippen molar-refractivity contribution >= 4 is 0 Å². The lowest BCUT2D eigenvalue weighted by Gasteiger charge is -2.28. The molecule has 0 amide bonds. The zero-order valence-electron chi connectivity index (χ0n) is 11.6. The second kappa shape index (κ2) is 5.63. The van der Waals surface area contributed by atoms with Crippen molar-refractivity contribution in [3.63, 3.8) is 0 Å². The Balaban J connectivity index is 2.74. The van der Waals surface area contributed by atoms with Crippen molar-refractivity contribution in [1.29, 1.82) is 0 Å². The Kier molecular flexibility index (Phi) is 4.29. The molecule has 0 unspecified atom stereocenters. The number of benzene rings is 1. The van der Waals surface area contributed by atoms with Gasteiger partial charge in [-0.25, -0.2) is 4.68 Å². The molecule has 0 bridgehead atoms. The van der Waals surface area contributed by atoms with Crippen LogP contribution in [-0.2, 0) is 12.1 Å². The van der Waals surface area contributed by atoms with Crippen molar-refractivity contribution in [2.24, 2.45) is 0 Å². The number of nitrogens with zero attached hydrogens (tertiary/aromatic N) is 2. The van der Waals surface area contributed by atoms with E-state index in [4.69, 9.17) is 0 Å².